The lowest BCUT2D eigenvalue weighted by atomic mass is 10.0. The van der Waals surface area contributed by atoms with E-state index in [1.165, 1.54) is 28.4 Å². The number of carbonyl (C=O) groups is 1. The molecule has 0 spiro atoms. The van der Waals surface area contributed by atoms with Crippen LogP contribution in [0.15, 0.2) is 50.7 Å². The van der Waals surface area contributed by atoms with Gasteiger partial charge in [-0.3, -0.25) is 9.36 Å². The molecule has 4 aromatic rings. The van der Waals surface area contributed by atoms with Gasteiger partial charge in [-0.25, -0.2) is 19.1 Å². The molecule has 2 unspecified atom stereocenters. The van der Waals surface area contributed by atoms with Gasteiger partial charge in [0.2, 0.25) is 5.89 Å². The SMILES string of the molecule is COc1ccccc1C(Cn1c(=O)n(C2(C(=O)O)CC2)c(=O)c2c(C)c(-c3ncco3)sc21)OC1C[C@H]2CC[C@@H](C1)O2. The van der Waals surface area contributed by atoms with Crippen LogP contribution >= 0.6 is 11.3 Å². The third-order valence-corrected chi connectivity index (χ3v) is 10.1. The molecule has 5 heterocycles. The number of benzene rings is 1. The molecule has 2 bridgehead atoms. The van der Waals surface area contributed by atoms with Crippen LogP contribution in [0.5, 0.6) is 5.75 Å². The number of para-hydroxylation sites is 1. The van der Waals surface area contributed by atoms with E-state index in [1.807, 2.05) is 24.3 Å². The number of rotatable bonds is 9. The van der Waals surface area contributed by atoms with E-state index in [0.717, 1.165) is 35.8 Å². The van der Waals surface area contributed by atoms with Crippen LogP contribution in [0, 0.1) is 6.92 Å². The number of oxazole rings is 1. The number of thiophene rings is 1. The van der Waals surface area contributed by atoms with Crippen molar-refractivity contribution < 1.29 is 28.5 Å². The highest BCUT2D eigenvalue weighted by atomic mass is 32.1. The number of aryl methyl sites for hydroxylation is 1. The van der Waals surface area contributed by atoms with Crippen molar-refractivity contribution >= 4 is 27.5 Å². The zero-order valence-corrected chi connectivity index (χ0v) is 24.1. The molecule has 1 aliphatic carbocycles. The Bertz CT molecular complexity index is 1770. The third-order valence-electron chi connectivity index (χ3n) is 8.83. The summed E-state index contributed by atoms with van der Waals surface area (Å²) in [5, 5.41) is 10.4. The van der Waals surface area contributed by atoms with Crippen LogP contribution in [0.3, 0.4) is 0 Å². The van der Waals surface area contributed by atoms with Gasteiger partial charge in [-0.2, -0.15) is 0 Å². The molecular weight excluding hydrogens is 562 g/mol. The largest absolute Gasteiger partial charge is 0.496 e. The highest BCUT2D eigenvalue weighted by Crippen LogP contribution is 2.44. The standard InChI is InChI=1S/C30H31N3O8S/c1-16-23-26(34)33(30(9-10-30)28(35)36)29(37)32(27(23)42-24(16)25-31-11-12-39-25)15-22(20-5-3-4-6-21(20)38-2)41-19-13-17-7-8-18(14-19)40-17/h3-6,11-12,17-19,22H,7-10,13-15H2,1-2H3,(H,35,36)/t17-,18+,19?,22?. The van der Waals surface area contributed by atoms with Crippen LogP contribution in [0.2, 0.25) is 0 Å². The van der Waals surface area contributed by atoms with Gasteiger partial charge in [0.15, 0.2) is 0 Å². The second-order valence-electron chi connectivity index (χ2n) is 11.4. The Kier molecular flexibility index (Phi) is 6.59. The number of hydrogen-bond acceptors (Lipinski definition) is 9. The number of carboxylic acids is 1. The van der Waals surface area contributed by atoms with E-state index in [4.69, 9.17) is 18.6 Å². The third kappa shape index (κ3) is 4.31. The van der Waals surface area contributed by atoms with Crippen LogP contribution in [-0.4, -0.2) is 50.6 Å². The summed E-state index contributed by atoms with van der Waals surface area (Å²) < 4.78 is 26.5. The molecule has 2 aliphatic heterocycles. The molecule has 3 fully saturated rings. The number of hydrogen-bond donors (Lipinski definition) is 1. The smallest absolute Gasteiger partial charge is 0.333 e. The maximum atomic E-state index is 14.3. The normalized spacial score (nSPS) is 23.2. The molecule has 3 aromatic heterocycles. The second kappa shape index (κ2) is 10.2. The second-order valence-corrected chi connectivity index (χ2v) is 12.4. The molecule has 1 N–H and O–H groups in total. The summed E-state index contributed by atoms with van der Waals surface area (Å²) >= 11 is 1.23. The lowest BCUT2D eigenvalue weighted by molar-refractivity contribution is -0.142. The van der Waals surface area contributed by atoms with E-state index in [9.17, 15) is 19.5 Å². The molecule has 3 aliphatic rings. The molecule has 1 aromatic carbocycles. The van der Waals surface area contributed by atoms with E-state index < -0.39 is 28.9 Å². The number of ether oxygens (including phenoxy) is 3. The van der Waals surface area contributed by atoms with Crippen molar-refractivity contribution in [3.05, 3.63) is 68.7 Å². The summed E-state index contributed by atoms with van der Waals surface area (Å²) in [4.78, 5) is 45.9. The van der Waals surface area contributed by atoms with E-state index in [1.54, 1.807) is 14.0 Å². The van der Waals surface area contributed by atoms with Gasteiger partial charge in [0.25, 0.3) is 5.56 Å². The maximum absolute atomic E-state index is 14.3. The Labute approximate surface area is 244 Å². The van der Waals surface area contributed by atoms with Crippen LogP contribution in [0.4, 0.5) is 0 Å². The van der Waals surface area contributed by atoms with Crippen molar-refractivity contribution in [3.63, 3.8) is 0 Å². The highest BCUT2D eigenvalue weighted by molar-refractivity contribution is 7.22. The van der Waals surface area contributed by atoms with E-state index in [2.05, 4.69) is 4.98 Å². The van der Waals surface area contributed by atoms with Gasteiger partial charge in [0.1, 0.15) is 28.5 Å². The van der Waals surface area contributed by atoms with Gasteiger partial charge in [0.05, 0.1) is 48.4 Å². The molecule has 7 rings (SSSR count). The first-order valence-electron chi connectivity index (χ1n) is 14.2. The Balaban J connectivity index is 1.41. The first-order valence-corrected chi connectivity index (χ1v) is 15.0. The molecule has 2 saturated heterocycles. The molecule has 11 nitrogen and oxygen atoms in total. The number of methoxy groups -OCH3 is 1. The molecule has 0 radical (unpaired) electrons. The maximum Gasteiger partial charge on any atom is 0.333 e. The van der Waals surface area contributed by atoms with Gasteiger partial charge in [-0.15, -0.1) is 11.3 Å². The van der Waals surface area contributed by atoms with Crippen molar-refractivity contribution in [3.8, 4) is 16.5 Å². The molecule has 4 atom stereocenters. The minimum Gasteiger partial charge on any atom is -0.496 e. The number of aromatic nitrogens is 3. The predicted octanol–water partition coefficient (Wildman–Crippen LogP) is 4.24. The highest BCUT2D eigenvalue weighted by Gasteiger charge is 2.55. The van der Waals surface area contributed by atoms with Gasteiger partial charge in [-0.05, 0) is 57.1 Å². The minimum absolute atomic E-state index is 0.0450. The first-order chi connectivity index (χ1) is 20.3. The minimum atomic E-state index is -1.57. The summed E-state index contributed by atoms with van der Waals surface area (Å²) in [6, 6.07) is 7.51. The summed E-state index contributed by atoms with van der Waals surface area (Å²) in [5.41, 5.74) is -1.52. The summed E-state index contributed by atoms with van der Waals surface area (Å²) in [6.45, 7) is 1.81. The summed E-state index contributed by atoms with van der Waals surface area (Å²) in [6.07, 6.45) is 6.46. The van der Waals surface area contributed by atoms with Crippen molar-refractivity contribution in [2.45, 2.75) is 81.9 Å². The van der Waals surface area contributed by atoms with E-state index in [0.29, 0.717) is 26.9 Å². The monoisotopic (exact) mass is 593 g/mol. The summed E-state index contributed by atoms with van der Waals surface area (Å²) in [5.74, 6) is -0.251. The molecule has 0 amide bonds. The van der Waals surface area contributed by atoms with Crippen molar-refractivity contribution in [2.24, 2.45) is 0 Å². The fraction of sp³-hybridized carbons (Fsp3) is 0.467. The van der Waals surface area contributed by atoms with Gasteiger partial charge in [-0.1, -0.05) is 18.2 Å². The van der Waals surface area contributed by atoms with Crippen LogP contribution in [-0.2, 0) is 26.4 Å². The lowest BCUT2D eigenvalue weighted by Gasteiger charge is -2.32. The lowest BCUT2D eigenvalue weighted by Crippen LogP contribution is -2.49. The number of nitrogens with zero attached hydrogens (tertiary/aromatic N) is 3. The van der Waals surface area contributed by atoms with E-state index >= 15 is 0 Å². The van der Waals surface area contributed by atoms with Gasteiger partial charge < -0.3 is 23.7 Å². The van der Waals surface area contributed by atoms with Gasteiger partial charge >= 0.3 is 11.7 Å². The molecule has 1 saturated carbocycles. The molecule has 12 heteroatoms. The van der Waals surface area contributed by atoms with Gasteiger partial charge in [0, 0.05) is 5.56 Å². The zero-order chi connectivity index (χ0) is 29.2. The quantitative estimate of drug-likeness (QED) is 0.302. The fourth-order valence-corrected chi connectivity index (χ4v) is 7.78. The van der Waals surface area contributed by atoms with Crippen molar-refractivity contribution in [1.82, 2.24) is 14.1 Å². The molecule has 220 valence electrons. The Hall–Kier alpha value is -3.74. The Morgan fingerprint density at radius 1 is 1.21 bits per heavy atom. The molecular formula is C30H31N3O8S. The zero-order valence-electron chi connectivity index (χ0n) is 23.3. The van der Waals surface area contributed by atoms with Crippen molar-refractivity contribution in [1.29, 1.82) is 0 Å². The van der Waals surface area contributed by atoms with Crippen LogP contribution < -0.4 is 16.0 Å². The van der Waals surface area contributed by atoms with Crippen LogP contribution in [0.1, 0.15) is 55.8 Å². The fourth-order valence-electron chi connectivity index (χ4n) is 6.54. The predicted molar refractivity (Wildman–Crippen MR) is 153 cm³/mol. The first kappa shape index (κ1) is 27.1. The number of aliphatic carboxylic acids is 1. The van der Waals surface area contributed by atoms with Crippen molar-refractivity contribution in [2.75, 3.05) is 7.11 Å². The topological polar surface area (TPSA) is 135 Å². The average Bonchev–Trinajstić information content (AvgIpc) is 3.27. The van der Waals surface area contributed by atoms with E-state index in [-0.39, 0.29) is 43.1 Å². The Morgan fingerprint density at radius 2 is 1.95 bits per heavy atom. The number of carboxylic acid groups (broad SMARTS) is 1. The molecule has 42 heavy (non-hydrogen) atoms. The summed E-state index contributed by atoms with van der Waals surface area (Å²) in [7, 11) is 1.59. The average molecular weight is 594 g/mol. The number of fused-ring (bicyclic) bond motifs is 3. The van der Waals surface area contributed by atoms with Crippen LogP contribution in [0.25, 0.3) is 21.0 Å². The Morgan fingerprint density at radius 3 is 2.60 bits per heavy atom.